The SMILES string of the molecule is CNc1nc(-c2cc(C)nc3c(C)c(C)ccc23)cs1. The second-order valence-corrected chi connectivity index (χ2v) is 5.86. The van der Waals surface area contributed by atoms with Crippen molar-refractivity contribution in [2.75, 3.05) is 12.4 Å². The Morgan fingerprint density at radius 2 is 1.90 bits per heavy atom. The van der Waals surface area contributed by atoms with Gasteiger partial charge in [-0.3, -0.25) is 4.98 Å². The summed E-state index contributed by atoms with van der Waals surface area (Å²) in [6.45, 7) is 6.30. The van der Waals surface area contributed by atoms with Crippen LogP contribution in [0.4, 0.5) is 5.13 Å². The highest BCUT2D eigenvalue weighted by atomic mass is 32.1. The van der Waals surface area contributed by atoms with Crippen molar-refractivity contribution in [3.8, 4) is 11.3 Å². The van der Waals surface area contributed by atoms with Crippen molar-refractivity contribution < 1.29 is 0 Å². The second kappa shape index (κ2) is 4.87. The molecule has 3 rings (SSSR count). The summed E-state index contributed by atoms with van der Waals surface area (Å²) in [6.07, 6.45) is 0. The van der Waals surface area contributed by atoms with Crippen LogP contribution in [0.25, 0.3) is 22.2 Å². The van der Waals surface area contributed by atoms with Crippen LogP contribution in [0, 0.1) is 20.8 Å². The summed E-state index contributed by atoms with van der Waals surface area (Å²) in [4.78, 5) is 9.33. The quantitative estimate of drug-likeness (QED) is 0.761. The normalized spacial score (nSPS) is 11.0. The van der Waals surface area contributed by atoms with E-state index in [-0.39, 0.29) is 0 Å². The first kappa shape index (κ1) is 13.1. The summed E-state index contributed by atoms with van der Waals surface area (Å²) in [7, 11) is 1.89. The molecule has 0 unspecified atom stereocenters. The lowest BCUT2D eigenvalue weighted by Crippen LogP contribution is -1.93. The second-order valence-electron chi connectivity index (χ2n) is 5.00. The van der Waals surface area contributed by atoms with Gasteiger partial charge in [0.15, 0.2) is 5.13 Å². The Morgan fingerprint density at radius 3 is 2.60 bits per heavy atom. The number of anilines is 1. The minimum atomic E-state index is 0.937. The molecular formula is C16H17N3S. The van der Waals surface area contributed by atoms with Crippen molar-refractivity contribution >= 4 is 27.4 Å². The number of hydrogen-bond acceptors (Lipinski definition) is 4. The number of hydrogen-bond donors (Lipinski definition) is 1. The molecule has 1 N–H and O–H groups in total. The Kier molecular flexibility index (Phi) is 3.18. The van der Waals surface area contributed by atoms with Crippen LogP contribution in [0.2, 0.25) is 0 Å². The van der Waals surface area contributed by atoms with Crippen LogP contribution >= 0.6 is 11.3 Å². The first-order valence-corrected chi connectivity index (χ1v) is 7.49. The van der Waals surface area contributed by atoms with Gasteiger partial charge in [-0.2, -0.15) is 0 Å². The van der Waals surface area contributed by atoms with Gasteiger partial charge in [0.25, 0.3) is 0 Å². The predicted octanol–water partition coefficient (Wildman–Crippen LogP) is 4.33. The molecule has 2 aromatic heterocycles. The minimum Gasteiger partial charge on any atom is -0.365 e. The summed E-state index contributed by atoms with van der Waals surface area (Å²) in [5.74, 6) is 0. The van der Waals surface area contributed by atoms with Crippen LogP contribution in [0.5, 0.6) is 0 Å². The van der Waals surface area contributed by atoms with Gasteiger partial charge in [-0.1, -0.05) is 12.1 Å². The molecule has 0 saturated carbocycles. The molecule has 0 aliphatic rings. The van der Waals surface area contributed by atoms with E-state index in [1.54, 1.807) is 11.3 Å². The van der Waals surface area contributed by atoms with Crippen LogP contribution in [0.3, 0.4) is 0 Å². The van der Waals surface area contributed by atoms with E-state index >= 15 is 0 Å². The highest BCUT2D eigenvalue weighted by Crippen LogP contribution is 2.32. The Bertz CT molecular complexity index is 790. The van der Waals surface area contributed by atoms with E-state index in [0.29, 0.717) is 0 Å². The largest absolute Gasteiger partial charge is 0.365 e. The van der Waals surface area contributed by atoms with Gasteiger partial charge in [-0.25, -0.2) is 4.98 Å². The minimum absolute atomic E-state index is 0.937. The zero-order chi connectivity index (χ0) is 14.3. The molecule has 0 spiro atoms. The lowest BCUT2D eigenvalue weighted by atomic mass is 10.00. The number of rotatable bonds is 2. The topological polar surface area (TPSA) is 37.8 Å². The zero-order valence-electron chi connectivity index (χ0n) is 12.1. The number of nitrogens with zero attached hydrogens (tertiary/aromatic N) is 2. The van der Waals surface area contributed by atoms with E-state index in [0.717, 1.165) is 27.6 Å². The van der Waals surface area contributed by atoms with Crippen molar-refractivity contribution in [3.63, 3.8) is 0 Å². The van der Waals surface area contributed by atoms with Gasteiger partial charge >= 0.3 is 0 Å². The number of thiazole rings is 1. The van der Waals surface area contributed by atoms with Crippen molar-refractivity contribution in [2.45, 2.75) is 20.8 Å². The van der Waals surface area contributed by atoms with Crippen molar-refractivity contribution in [3.05, 3.63) is 40.4 Å². The van der Waals surface area contributed by atoms with E-state index in [9.17, 15) is 0 Å². The lowest BCUT2D eigenvalue weighted by molar-refractivity contribution is 1.22. The third-order valence-corrected chi connectivity index (χ3v) is 4.49. The molecule has 2 heterocycles. The highest BCUT2D eigenvalue weighted by Gasteiger charge is 2.12. The molecular weight excluding hydrogens is 266 g/mol. The molecule has 0 atom stereocenters. The van der Waals surface area contributed by atoms with Gasteiger partial charge in [0, 0.05) is 29.1 Å². The molecule has 3 aromatic rings. The third kappa shape index (κ3) is 2.06. The summed E-state index contributed by atoms with van der Waals surface area (Å²) < 4.78 is 0. The smallest absolute Gasteiger partial charge is 0.182 e. The van der Waals surface area contributed by atoms with Gasteiger partial charge in [-0.05, 0) is 38.0 Å². The molecule has 3 nitrogen and oxygen atoms in total. The predicted molar refractivity (Wildman–Crippen MR) is 86.6 cm³/mol. The molecule has 0 amide bonds. The molecule has 0 bridgehead atoms. The molecule has 4 heteroatoms. The fourth-order valence-electron chi connectivity index (χ4n) is 2.38. The monoisotopic (exact) mass is 283 g/mol. The standard InChI is InChI=1S/C16H17N3S/c1-9-5-6-12-13(14-8-20-16(17-4)19-14)7-10(2)18-15(12)11(9)3/h5-8H,1-4H3,(H,17,19). The number of aryl methyl sites for hydroxylation is 3. The van der Waals surface area contributed by atoms with Gasteiger partial charge < -0.3 is 5.32 Å². The lowest BCUT2D eigenvalue weighted by Gasteiger charge is -2.10. The molecule has 0 aliphatic carbocycles. The fourth-order valence-corrected chi connectivity index (χ4v) is 3.05. The molecule has 0 aliphatic heterocycles. The Hall–Kier alpha value is -1.94. The van der Waals surface area contributed by atoms with Crippen molar-refractivity contribution in [1.82, 2.24) is 9.97 Å². The molecule has 20 heavy (non-hydrogen) atoms. The molecule has 0 radical (unpaired) electrons. The maximum absolute atomic E-state index is 4.71. The third-order valence-electron chi connectivity index (χ3n) is 3.63. The average molecular weight is 283 g/mol. The van der Waals surface area contributed by atoms with Crippen molar-refractivity contribution in [2.24, 2.45) is 0 Å². The van der Waals surface area contributed by atoms with Gasteiger partial charge in [-0.15, -0.1) is 11.3 Å². The molecule has 0 saturated heterocycles. The zero-order valence-corrected chi connectivity index (χ0v) is 12.9. The van der Waals surface area contributed by atoms with Crippen LogP contribution in [-0.4, -0.2) is 17.0 Å². The fraction of sp³-hybridized carbons (Fsp3) is 0.250. The Labute approximate surface area is 122 Å². The van der Waals surface area contributed by atoms with Crippen LogP contribution < -0.4 is 5.32 Å². The van der Waals surface area contributed by atoms with Gasteiger partial charge in [0.1, 0.15) is 0 Å². The van der Waals surface area contributed by atoms with Gasteiger partial charge in [0.2, 0.25) is 0 Å². The number of fused-ring (bicyclic) bond motifs is 1. The van der Waals surface area contributed by atoms with E-state index in [4.69, 9.17) is 4.98 Å². The number of nitrogens with one attached hydrogen (secondary N) is 1. The molecule has 0 fully saturated rings. The van der Waals surface area contributed by atoms with Crippen LogP contribution in [-0.2, 0) is 0 Å². The molecule has 102 valence electrons. The Morgan fingerprint density at radius 1 is 1.10 bits per heavy atom. The van der Waals surface area contributed by atoms with Crippen LogP contribution in [0.15, 0.2) is 23.6 Å². The maximum Gasteiger partial charge on any atom is 0.182 e. The summed E-state index contributed by atoms with van der Waals surface area (Å²) in [5, 5.41) is 7.29. The van der Waals surface area contributed by atoms with Crippen molar-refractivity contribution in [1.29, 1.82) is 0 Å². The van der Waals surface area contributed by atoms with E-state index in [2.05, 4.69) is 47.7 Å². The summed E-state index contributed by atoms with van der Waals surface area (Å²) in [5.41, 5.74) is 6.80. The first-order chi connectivity index (χ1) is 9.60. The summed E-state index contributed by atoms with van der Waals surface area (Å²) >= 11 is 1.62. The average Bonchev–Trinajstić information content (AvgIpc) is 2.91. The molecule has 1 aromatic carbocycles. The number of aromatic nitrogens is 2. The van der Waals surface area contributed by atoms with E-state index in [1.165, 1.54) is 16.5 Å². The van der Waals surface area contributed by atoms with E-state index in [1.807, 2.05) is 14.0 Å². The Balaban J connectivity index is 2.32. The summed E-state index contributed by atoms with van der Waals surface area (Å²) in [6, 6.07) is 6.42. The maximum atomic E-state index is 4.71. The first-order valence-electron chi connectivity index (χ1n) is 6.61. The van der Waals surface area contributed by atoms with Crippen LogP contribution in [0.1, 0.15) is 16.8 Å². The highest BCUT2D eigenvalue weighted by molar-refractivity contribution is 7.14. The number of benzene rings is 1. The van der Waals surface area contributed by atoms with Gasteiger partial charge in [0.05, 0.1) is 11.2 Å². The number of pyridine rings is 1. The van der Waals surface area contributed by atoms with E-state index < -0.39 is 0 Å².